The standard InChI is InChI=1S/C21H21FN6O/c1-13-25-8-18(26-13)21(29)28-11-15-10-27(19-9-23-5-6-24-19)12-17(15)20(28)14-3-2-4-16(22)7-14/h2-9,15,17,20H,10-12H2,1H3,(H,25,26)/t15-,17-,20-/m0/s1. The third-order valence-electron chi connectivity index (χ3n) is 5.92. The predicted octanol–water partition coefficient (Wildman–Crippen LogP) is 2.60. The smallest absolute Gasteiger partial charge is 0.272 e. The van der Waals surface area contributed by atoms with E-state index in [1.165, 1.54) is 12.1 Å². The van der Waals surface area contributed by atoms with Gasteiger partial charge in [0.15, 0.2) is 0 Å². The summed E-state index contributed by atoms with van der Waals surface area (Å²) >= 11 is 0. The topological polar surface area (TPSA) is 78.0 Å². The van der Waals surface area contributed by atoms with E-state index in [1.54, 1.807) is 30.9 Å². The molecule has 2 aliphatic heterocycles. The highest BCUT2D eigenvalue weighted by Gasteiger charge is 2.49. The summed E-state index contributed by atoms with van der Waals surface area (Å²) in [7, 11) is 0. The van der Waals surface area contributed by atoms with Gasteiger partial charge in [-0.2, -0.15) is 0 Å². The number of nitrogens with one attached hydrogen (secondary N) is 1. The van der Waals surface area contributed by atoms with Gasteiger partial charge in [0.2, 0.25) is 0 Å². The summed E-state index contributed by atoms with van der Waals surface area (Å²) in [6.07, 6.45) is 6.67. The second-order valence-corrected chi connectivity index (χ2v) is 7.73. The number of carbonyl (C=O) groups excluding carboxylic acids is 1. The van der Waals surface area contributed by atoms with Gasteiger partial charge in [-0.15, -0.1) is 0 Å². The van der Waals surface area contributed by atoms with Crippen molar-refractivity contribution in [1.29, 1.82) is 0 Å². The molecule has 0 aliphatic carbocycles. The van der Waals surface area contributed by atoms with E-state index < -0.39 is 0 Å². The Labute approximate surface area is 167 Å². The quantitative estimate of drug-likeness (QED) is 0.741. The Kier molecular flexibility index (Phi) is 4.26. The molecule has 3 atom stereocenters. The zero-order valence-electron chi connectivity index (χ0n) is 16.0. The first kappa shape index (κ1) is 17.8. The highest BCUT2D eigenvalue weighted by atomic mass is 19.1. The van der Waals surface area contributed by atoms with Crippen LogP contribution in [0.15, 0.2) is 49.1 Å². The first-order chi connectivity index (χ1) is 14.1. The van der Waals surface area contributed by atoms with Gasteiger partial charge in [0.1, 0.15) is 23.2 Å². The number of aromatic amines is 1. The lowest BCUT2D eigenvalue weighted by Gasteiger charge is -2.30. The van der Waals surface area contributed by atoms with Crippen LogP contribution >= 0.6 is 0 Å². The lowest BCUT2D eigenvalue weighted by atomic mass is 9.89. The van der Waals surface area contributed by atoms with E-state index in [-0.39, 0.29) is 29.6 Å². The van der Waals surface area contributed by atoms with Gasteiger partial charge in [-0.05, 0) is 24.6 Å². The summed E-state index contributed by atoms with van der Waals surface area (Å²) in [5, 5.41) is 0. The molecule has 2 aliphatic rings. The van der Waals surface area contributed by atoms with Gasteiger partial charge >= 0.3 is 0 Å². The van der Waals surface area contributed by atoms with Crippen molar-refractivity contribution < 1.29 is 9.18 Å². The average molecular weight is 392 g/mol. The van der Waals surface area contributed by atoms with Gasteiger partial charge in [-0.25, -0.2) is 14.4 Å². The number of halogens is 1. The van der Waals surface area contributed by atoms with E-state index in [4.69, 9.17) is 0 Å². The van der Waals surface area contributed by atoms with E-state index in [0.29, 0.717) is 18.1 Å². The summed E-state index contributed by atoms with van der Waals surface area (Å²) in [4.78, 5) is 33.1. The Morgan fingerprint density at radius 2 is 2.07 bits per heavy atom. The van der Waals surface area contributed by atoms with E-state index in [1.807, 2.05) is 17.9 Å². The van der Waals surface area contributed by atoms with Crippen LogP contribution in [-0.2, 0) is 0 Å². The Morgan fingerprint density at radius 3 is 2.79 bits per heavy atom. The van der Waals surface area contributed by atoms with Crippen LogP contribution in [-0.4, -0.2) is 50.4 Å². The average Bonchev–Trinajstić information content (AvgIpc) is 3.42. The molecule has 0 saturated carbocycles. The molecule has 7 nitrogen and oxygen atoms in total. The largest absolute Gasteiger partial charge is 0.355 e. The molecule has 0 unspecified atom stereocenters. The molecule has 148 valence electrons. The molecule has 3 aromatic rings. The molecule has 1 N–H and O–H groups in total. The summed E-state index contributed by atoms with van der Waals surface area (Å²) in [6, 6.07) is 6.38. The maximum absolute atomic E-state index is 14.0. The SMILES string of the molecule is Cc1ncc(C(=O)N2C[C@@H]3CN(c4cnccn4)C[C@@H]3[C@@H]2c2cccc(F)c2)[nH]1. The first-order valence-electron chi connectivity index (χ1n) is 9.69. The number of H-pyrrole nitrogens is 1. The molecule has 2 aromatic heterocycles. The minimum atomic E-state index is -0.292. The van der Waals surface area contributed by atoms with Crippen molar-refractivity contribution in [2.45, 2.75) is 13.0 Å². The van der Waals surface area contributed by atoms with E-state index in [0.717, 1.165) is 24.5 Å². The van der Waals surface area contributed by atoms with Crippen LogP contribution in [0.4, 0.5) is 10.2 Å². The Balaban J connectivity index is 1.48. The fourth-order valence-corrected chi connectivity index (χ4v) is 4.70. The number of benzene rings is 1. The molecular weight excluding hydrogens is 371 g/mol. The van der Waals surface area contributed by atoms with Crippen molar-refractivity contribution in [2.24, 2.45) is 11.8 Å². The van der Waals surface area contributed by atoms with E-state index in [2.05, 4.69) is 24.8 Å². The summed E-state index contributed by atoms with van der Waals surface area (Å²) in [6.45, 7) is 3.97. The molecule has 5 rings (SSSR count). The number of aromatic nitrogens is 4. The van der Waals surface area contributed by atoms with Crippen LogP contribution in [0, 0.1) is 24.6 Å². The number of aryl methyl sites for hydroxylation is 1. The highest BCUT2D eigenvalue weighted by molar-refractivity contribution is 5.92. The van der Waals surface area contributed by atoms with Crippen LogP contribution < -0.4 is 4.90 Å². The Bertz CT molecular complexity index is 1040. The zero-order valence-corrected chi connectivity index (χ0v) is 16.0. The molecule has 1 amide bonds. The summed E-state index contributed by atoms with van der Waals surface area (Å²) < 4.78 is 14.0. The normalized spacial score (nSPS) is 23.4. The van der Waals surface area contributed by atoms with E-state index >= 15 is 0 Å². The maximum atomic E-state index is 14.0. The minimum absolute atomic E-state index is 0.0969. The third kappa shape index (κ3) is 3.14. The molecule has 2 fully saturated rings. The van der Waals surface area contributed by atoms with Gasteiger partial charge in [0, 0.05) is 43.9 Å². The van der Waals surface area contributed by atoms with Crippen molar-refractivity contribution in [1.82, 2.24) is 24.8 Å². The van der Waals surface area contributed by atoms with Crippen LogP contribution in [0.5, 0.6) is 0 Å². The van der Waals surface area contributed by atoms with Crippen molar-refractivity contribution >= 4 is 11.7 Å². The van der Waals surface area contributed by atoms with Crippen molar-refractivity contribution in [3.8, 4) is 0 Å². The van der Waals surface area contributed by atoms with Crippen molar-refractivity contribution in [3.63, 3.8) is 0 Å². The van der Waals surface area contributed by atoms with Crippen molar-refractivity contribution in [2.75, 3.05) is 24.5 Å². The van der Waals surface area contributed by atoms with E-state index in [9.17, 15) is 9.18 Å². The molecule has 2 saturated heterocycles. The molecule has 29 heavy (non-hydrogen) atoms. The lowest BCUT2D eigenvalue weighted by Crippen LogP contribution is -2.36. The van der Waals surface area contributed by atoms with Gasteiger partial charge < -0.3 is 14.8 Å². The monoisotopic (exact) mass is 392 g/mol. The van der Waals surface area contributed by atoms with Crippen LogP contribution in [0.1, 0.15) is 27.9 Å². The second kappa shape index (κ2) is 6.95. The summed E-state index contributed by atoms with van der Waals surface area (Å²) in [5.74, 6) is 1.61. The van der Waals surface area contributed by atoms with Gasteiger partial charge in [-0.1, -0.05) is 12.1 Å². The predicted molar refractivity (Wildman–Crippen MR) is 105 cm³/mol. The number of fused-ring (bicyclic) bond motifs is 1. The molecule has 0 spiro atoms. The number of amides is 1. The van der Waals surface area contributed by atoms with Crippen molar-refractivity contribution in [3.05, 3.63) is 72.0 Å². The summed E-state index contributed by atoms with van der Waals surface area (Å²) in [5.41, 5.74) is 1.29. The van der Waals surface area contributed by atoms with Gasteiger partial charge in [0.05, 0.1) is 18.4 Å². The number of anilines is 1. The van der Waals surface area contributed by atoms with Gasteiger partial charge in [-0.3, -0.25) is 9.78 Å². The van der Waals surface area contributed by atoms with Crippen LogP contribution in [0.25, 0.3) is 0 Å². The first-order valence-corrected chi connectivity index (χ1v) is 9.69. The molecule has 4 heterocycles. The number of rotatable bonds is 3. The molecular formula is C21H21FN6O. The fourth-order valence-electron chi connectivity index (χ4n) is 4.70. The Hall–Kier alpha value is -3.29. The molecule has 8 heteroatoms. The number of hydrogen-bond donors (Lipinski definition) is 1. The van der Waals surface area contributed by atoms with Gasteiger partial charge in [0.25, 0.3) is 5.91 Å². The number of hydrogen-bond acceptors (Lipinski definition) is 5. The molecule has 0 radical (unpaired) electrons. The molecule has 1 aromatic carbocycles. The molecule has 0 bridgehead atoms. The third-order valence-corrected chi connectivity index (χ3v) is 5.92. The van der Waals surface area contributed by atoms with Crippen LogP contribution in [0.2, 0.25) is 0 Å². The lowest BCUT2D eigenvalue weighted by molar-refractivity contribution is 0.0710. The minimum Gasteiger partial charge on any atom is -0.355 e. The van der Waals surface area contributed by atoms with Crippen LogP contribution in [0.3, 0.4) is 0 Å². The number of likely N-dealkylation sites (tertiary alicyclic amines) is 1. The number of imidazole rings is 1. The Morgan fingerprint density at radius 1 is 1.17 bits per heavy atom. The number of nitrogens with zero attached hydrogens (tertiary/aromatic N) is 5. The maximum Gasteiger partial charge on any atom is 0.272 e. The number of carbonyl (C=O) groups is 1. The fraction of sp³-hybridized carbons (Fsp3) is 0.333. The second-order valence-electron chi connectivity index (χ2n) is 7.73. The zero-order chi connectivity index (χ0) is 20.0. The highest BCUT2D eigenvalue weighted by Crippen LogP contribution is 2.46.